The van der Waals surface area contributed by atoms with E-state index < -0.39 is 24.0 Å². The molecule has 1 fully saturated rings. The number of ether oxygens (including phenoxy) is 1. The zero-order valence-corrected chi connectivity index (χ0v) is 24.2. The number of aromatic nitrogens is 8. The number of alkyl halides is 5. The lowest BCUT2D eigenvalue weighted by atomic mass is 9.90. The molecule has 45 heavy (non-hydrogen) atoms. The predicted octanol–water partition coefficient (Wildman–Crippen LogP) is 4.53. The van der Waals surface area contributed by atoms with E-state index in [0.717, 1.165) is 17.8 Å². The first-order valence-corrected chi connectivity index (χ1v) is 13.9. The molecule has 2 amide bonds. The number of nitrogens with one attached hydrogen (secondary N) is 2. The summed E-state index contributed by atoms with van der Waals surface area (Å²) in [6.45, 7) is -2.42. The van der Waals surface area contributed by atoms with Crippen molar-refractivity contribution in [2.45, 2.75) is 50.5 Å². The third-order valence-corrected chi connectivity index (χ3v) is 7.23. The van der Waals surface area contributed by atoms with E-state index in [0.29, 0.717) is 50.0 Å². The smallest absolute Gasteiger partial charge is 0.383 e. The van der Waals surface area contributed by atoms with Gasteiger partial charge in [0.05, 0.1) is 30.9 Å². The van der Waals surface area contributed by atoms with Gasteiger partial charge in [0.2, 0.25) is 5.95 Å². The number of carbonyl (C=O) groups excluding carboxylic acids is 1. The fourth-order valence-corrected chi connectivity index (χ4v) is 5.04. The molecule has 2 N–H and O–H groups in total. The average molecular weight is 636 g/mol. The van der Waals surface area contributed by atoms with Crippen molar-refractivity contribution in [1.82, 2.24) is 44.8 Å². The third-order valence-electron chi connectivity index (χ3n) is 7.23. The summed E-state index contributed by atoms with van der Waals surface area (Å²) < 4.78 is 74.0. The van der Waals surface area contributed by atoms with Gasteiger partial charge in [0.25, 0.3) is 0 Å². The minimum absolute atomic E-state index is 0.0981. The Bertz CT molecular complexity index is 1580. The largest absolute Gasteiger partial charge is 0.420 e. The van der Waals surface area contributed by atoms with Crippen molar-refractivity contribution in [2.75, 3.05) is 30.5 Å². The number of anilines is 2. The van der Waals surface area contributed by atoms with Crippen molar-refractivity contribution in [2.24, 2.45) is 7.05 Å². The molecule has 4 aromatic rings. The molecule has 0 aromatic carbocycles. The Morgan fingerprint density at radius 2 is 1.87 bits per heavy atom. The van der Waals surface area contributed by atoms with Crippen LogP contribution in [0.5, 0.6) is 0 Å². The van der Waals surface area contributed by atoms with Gasteiger partial charge >= 0.3 is 18.8 Å². The molecular weight excluding hydrogens is 605 g/mol. The molecule has 0 saturated heterocycles. The topological polar surface area (TPSA) is 141 Å². The second kappa shape index (κ2) is 13.5. The molecule has 0 aliphatic heterocycles. The highest BCUT2D eigenvalue weighted by molar-refractivity contribution is 5.91. The lowest BCUT2D eigenvalue weighted by Crippen LogP contribution is -2.49. The Hall–Kier alpha value is -4.74. The molecule has 5 rings (SSSR count). The molecular formula is C27H30F5N11O2. The maximum absolute atomic E-state index is 13.7. The van der Waals surface area contributed by atoms with E-state index in [9.17, 15) is 26.7 Å². The first-order chi connectivity index (χ1) is 21.5. The average Bonchev–Trinajstić information content (AvgIpc) is 3.68. The number of hydrogen-bond acceptors (Lipinski definition) is 9. The van der Waals surface area contributed by atoms with E-state index in [1.165, 1.54) is 13.3 Å². The summed E-state index contributed by atoms with van der Waals surface area (Å²) in [5.41, 5.74) is -0.795. The van der Waals surface area contributed by atoms with Gasteiger partial charge in [-0.25, -0.2) is 24.4 Å². The first-order valence-electron chi connectivity index (χ1n) is 13.9. The number of amides is 2. The molecule has 1 saturated carbocycles. The van der Waals surface area contributed by atoms with E-state index in [4.69, 9.17) is 4.74 Å². The maximum Gasteiger partial charge on any atom is 0.420 e. The van der Waals surface area contributed by atoms with Crippen LogP contribution < -0.4 is 15.5 Å². The van der Waals surface area contributed by atoms with Crippen LogP contribution in [0.25, 0.3) is 22.6 Å². The number of urea groups is 1. The highest BCUT2D eigenvalue weighted by atomic mass is 19.4. The molecule has 0 radical (unpaired) electrons. The van der Waals surface area contributed by atoms with Gasteiger partial charge in [0.15, 0.2) is 5.82 Å². The molecule has 1 aliphatic carbocycles. The van der Waals surface area contributed by atoms with Gasteiger partial charge in [0, 0.05) is 56.9 Å². The zero-order valence-electron chi connectivity index (χ0n) is 24.2. The Morgan fingerprint density at radius 1 is 1.09 bits per heavy atom. The molecule has 0 atom stereocenters. The number of halogens is 5. The second-order valence-electron chi connectivity index (χ2n) is 10.3. The Morgan fingerprint density at radius 3 is 2.47 bits per heavy atom. The van der Waals surface area contributed by atoms with Crippen LogP contribution in [0.15, 0.2) is 43.2 Å². The minimum Gasteiger partial charge on any atom is -0.383 e. The summed E-state index contributed by atoms with van der Waals surface area (Å²) in [5, 5.41) is 13.6. The lowest BCUT2D eigenvalue weighted by molar-refractivity contribution is -0.137. The van der Waals surface area contributed by atoms with Crippen molar-refractivity contribution in [3.8, 4) is 22.6 Å². The maximum atomic E-state index is 13.7. The van der Waals surface area contributed by atoms with Crippen LogP contribution in [0.3, 0.4) is 0 Å². The van der Waals surface area contributed by atoms with Gasteiger partial charge in [-0.3, -0.25) is 14.6 Å². The summed E-state index contributed by atoms with van der Waals surface area (Å²) in [6, 6.07) is 0.177. The fraction of sp³-hybridized carbons (Fsp3) is 0.444. The van der Waals surface area contributed by atoms with Crippen molar-refractivity contribution < 1.29 is 31.5 Å². The van der Waals surface area contributed by atoms with Gasteiger partial charge in [-0.2, -0.15) is 32.1 Å². The van der Waals surface area contributed by atoms with Crippen LogP contribution in [0.1, 0.15) is 37.8 Å². The number of rotatable bonds is 10. The number of hydrogen-bond donors (Lipinski definition) is 2. The zero-order chi connectivity index (χ0) is 32.1. The van der Waals surface area contributed by atoms with E-state index in [1.54, 1.807) is 35.2 Å². The Labute approximate surface area is 253 Å². The Kier molecular flexibility index (Phi) is 9.50. The van der Waals surface area contributed by atoms with E-state index in [1.807, 2.05) is 0 Å². The van der Waals surface area contributed by atoms with Crippen molar-refractivity contribution >= 4 is 17.8 Å². The number of aryl methyl sites for hydroxylation is 1. The summed E-state index contributed by atoms with van der Waals surface area (Å²) in [6.07, 6.45) is 5.30. The van der Waals surface area contributed by atoms with Crippen LogP contribution >= 0.6 is 0 Å². The van der Waals surface area contributed by atoms with E-state index >= 15 is 0 Å². The predicted molar refractivity (Wildman–Crippen MR) is 151 cm³/mol. The van der Waals surface area contributed by atoms with Gasteiger partial charge in [-0.1, -0.05) is 0 Å². The summed E-state index contributed by atoms with van der Waals surface area (Å²) >= 11 is 0. The molecule has 4 aromatic heterocycles. The summed E-state index contributed by atoms with van der Waals surface area (Å²) in [7, 11) is 3.32. The Balaban J connectivity index is 1.30. The number of nitrogens with zero attached hydrogens (tertiary/aromatic N) is 9. The van der Waals surface area contributed by atoms with Crippen LogP contribution in [0, 0.1) is 0 Å². The lowest BCUT2D eigenvalue weighted by Gasteiger charge is -2.36. The SMILES string of the molecule is COCCNC(=O)N(c1cnc(-c2cnn(C)c2)cn1)C1CCC(Nc2ncc(C(F)(F)F)c(-c3ccn(C(F)F)n3)n2)CC1. The quantitative estimate of drug-likeness (QED) is 0.190. The normalized spacial score (nSPS) is 17.0. The molecule has 18 heteroatoms. The van der Waals surface area contributed by atoms with Gasteiger partial charge in [-0.05, 0) is 31.7 Å². The standard InChI is InChI=1S/C27H30F5N11O2/c1-41-15-16(11-37-41)21-13-35-22(14-34-21)43(26(44)33-8-10-45-2)18-5-3-17(4-6-18)38-25-36-12-19(27(30,31)32)23(39-25)20-7-9-42(40-20)24(28)29/h7,9,11-15,17-18,24H,3-6,8,10H2,1-2H3,(H,33,44)(H,36,38,39). The molecule has 13 nitrogen and oxygen atoms in total. The third kappa shape index (κ3) is 7.50. The highest BCUT2D eigenvalue weighted by Gasteiger charge is 2.37. The van der Waals surface area contributed by atoms with Gasteiger partial charge < -0.3 is 15.4 Å². The number of carbonyl (C=O) groups is 1. The molecule has 0 unspecified atom stereocenters. The molecule has 1 aliphatic rings. The molecule has 0 spiro atoms. The van der Waals surface area contributed by atoms with E-state index in [-0.39, 0.29) is 41.0 Å². The van der Waals surface area contributed by atoms with Crippen molar-refractivity contribution in [3.05, 3.63) is 48.8 Å². The van der Waals surface area contributed by atoms with Crippen LogP contribution in [0.2, 0.25) is 0 Å². The van der Waals surface area contributed by atoms with E-state index in [2.05, 4.69) is 40.8 Å². The van der Waals surface area contributed by atoms with Gasteiger partial charge in [0.1, 0.15) is 17.0 Å². The highest BCUT2D eigenvalue weighted by Crippen LogP contribution is 2.36. The first kappa shape index (κ1) is 31.7. The monoisotopic (exact) mass is 635 g/mol. The molecule has 240 valence electrons. The van der Waals surface area contributed by atoms with Crippen LogP contribution in [-0.2, 0) is 18.0 Å². The van der Waals surface area contributed by atoms with Crippen molar-refractivity contribution in [3.63, 3.8) is 0 Å². The van der Waals surface area contributed by atoms with Gasteiger partial charge in [-0.15, -0.1) is 0 Å². The fourth-order valence-electron chi connectivity index (χ4n) is 5.04. The number of methoxy groups -OCH3 is 1. The van der Waals surface area contributed by atoms with Crippen molar-refractivity contribution in [1.29, 1.82) is 0 Å². The summed E-state index contributed by atoms with van der Waals surface area (Å²) in [5.74, 6) is 0.256. The summed E-state index contributed by atoms with van der Waals surface area (Å²) in [4.78, 5) is 31.7. The minimum atomic E-state index is -4.83. The second-order valence-corrected chi connectivity index (χ2v) is 10.3. The van der Waals surface area contributed by atoms with Crippen LogP contribution in [0.4, 0.5) is 38.5 Å². The molecule has 0 bridgehead atoms. The molecule has 4 heterocycles. The van der Waals surface area contributed by atoms with Crippen LogP contribution in [-0.4, -0.2) is 77.9 Å².